The van der Waals surface area contributed by atoms with E-state index in [-0.39, 0.29) is 0 Å². The van der Waals surface area contributed by atoms with Crippen molar-refractivity contribution in [1.29, 1.82) is 0 Å². The minimum absolute atomic E-state index is 0.482. The van der Waals surface area contributed by atoms with E-state index >= 15 is 0 Å². The van der Waals surface area contributed by atoms with E-state index in [1.807, 2.05) is 12.1 Å². The van der Waals surface area contributed by atoms with Crippen molar-refractivity contribution in [2.24, 2.45) is 0 Å². The normalized spacial score (nSPS) is 12.2. The highest BCUT2D eigenvalue weighted by Crippen LogP contribution is 2.31. The zero-order chi connectivity index (χ0) is 13.4. The van der Waals surface area contributed by atoms with Crippen LogP contribution >= 0.6 is 0 Å². The maximum Gasteiger partial charge on any atom is 0.126 e. The molecule has 1 aromatic carbocycles. The summed E-state index contributed by atoms with van der Waals surface area (Å²) in [6, 6.07) is 6.04. The molecule has 0 fully saturated rings. The Hall–Kier alpha value is -1.22. The van der Waals surface area contributed by atoms with Gasteiger partial charge in [-0.3, -0.25) is 0 Å². The maximum absolute atomic E-state index is 5.44. The highest BCUT2D eigenvalue weighted by molar-refractivity contribution is 5.42. The average Bonchev–Trinajstić information content (AvgIpc) is 2.42. The molecule has 0 aliphatic heterocycles. The van der Waals surface area contributed by atoms with Crippen LogP contribution in [0.3, 0.4) is 0 Å². The summed E-state index contributed by atoms with van der Waals surface area (Å²) in [5.74, 6) is 2.24. The third kappa shape index (κ3) is 4.22. The summed E-state index contributed by atoms with van der Waals surface area (Å²) in [5, 5.41) is 3.43. The van der Waals surface area contributed by atoms with Crippen LogP contribution in [0.2, 0.25) is 0 Å². The molecule has 0 aliphatic rings. The van der Waals surface area contributed by atoms with Crippen LogP contribution in [0.25, 0.3) is 0 Å². The molecule has 0 bridgehead atoms. The summed E-state index contributed by atoms with van der Waals surface area (Å²) in [7, 11) is 3.38. The number of hydrogen-bond acceptors (Lipinski definition) is 3. The van der Waals surface area contributed by atoms with Crippen LogP contribution in [0.5, 0.6) is 11.5 Å². The van der Waals surface area contributed by atoms with Gasteiger partial charge in [-0.05, 0) is 43.5 Å². The van der Waals surface area contributed by atoms with E-state index < -0.39 is 0 Å². The van der Waals surface area contributed by atoms with Crippen molar-refractivity contribution in [3.8, 4) is 11.5 Å². The Kier molecular flexibility index (Phi) is 6.58. The molecule has 3 heteroatoms. The molecule has 0 aromatic heterocycles. The van der Waals surface area contributed by atoms with Crippen LogP contribution in [0, 0.1) is 0 Å². The van der Waals surface area contributed by atoms with Crippen LogP contribution in [-0.4, -0.2) is 27.3 Å². The van der Waals surface area contributed by atoms with Crippen LogP contribution in [0.4, 0.5) is 0 Å². The second kappa shape index (κ2) is 7.98. The highest BCUT2D eigenvalue weighted by Gasteiger charge is 2.12. The Balaban J connectivity index is 2.63. The predicted molar refractivity (Wildman–Crippen MR) is 75.7 cm³/mol. The van der Waals surface area contributed by atoms with Crippen molar-refractivity contribution in [2.75, 3.05) is 27.3 Å². The van der Waals surface area contributed by atoms with Crippen molar-refractivity contribution in [3.05, 3.63) is 23.8 Å². The van der Waals surface area contributed by atoms with E-state index in [1.54, 1.807) is 14.2 Å². The van der Waals surface area contributed by atoms with Crippen LogP contribution in [-0.2, 0) is 0 Å². The van der Waals surface area contributed by atoms with Gasteiger partial charge in [-0.25, -0.2) is 0 Å². The molecule has 0 aliphatic carbocycles. The van der Waals surface area contributed by atoms with Gasteiger partial charge in [0.25, 0.3) is 0 Å². The average molecular weight is 251 g/mol. The fourth-order valence-electron chi connectivity index (χ4n) is 2.00. The number of ether oxygens (including phenoxy) is 2. The fraction of sp³-hybridized carbons (Fsp3) is 0.600. The van der Waals surface area contributed by atoms with Crippen molar-refractivity contribution in [2.45, 2.75) is 32.6 Å². The monoisotopic (exact) mass is 251 g/mol. The lowest BCUT2D eigenvalue weighted by molar-refractivity contribution is 0.388. The topological polar surface area (TPSA) is 30.5 Å². The van der Waals surface area contributed by atoms with Gasteiger partial charge in [0, 0.05) is 6.07 Å². The maximum atomic E-state index is 5.44. The van der Waals surface area contributed by atoms with Gasteiger partial charge >= 0.3 is 0 Å². The zero-order valence-corrected chi connectivity index (χ0v) is 12.0. The standard InChI is InChI=1S/C15H25NO2/c1-5-9-16-10-8-12(2)14-7-6-13(17-3)11-15(14)18-4/h6-7,11-12,16H,5,8-10H2,1-4H3. The molecule has 0 saturated carbocycles. The third-order valence-corrected chi connectivity index (χ3v) is 3.15. The summed E-state index contributed by atoms with van der Waals surface area (Å²) >= 11 is 0. The second-order valence-corrected chi connectivity index (χ2v) is 4.55. The Labute approximate surface area is 110 Å². The summed E-state index contributed by atoms with van der Waals surface area (Å²) in [6.45, 7) is 6.55. The Morgan fingerprint density at radius 2 is 1.94 bits per heavy atom. The van der Waals surface area contributed by atoms with Gasteiger partial charge in [0.15, 0.2) is 0 Å². The molecule has 1 rings (SSSR count). The first-order valence-corrected chi connectivity index (χ1v) is 6.65. The molecule has 18 heavy (non-hydrogen) atoms. The van der Waals surface area contributed by atoms with Gasteiger partial charge in [-0.15, -0.1) is 0 Å². The number of hydrogen-bond donors (Lipinski definition) is 1. The van der Waals surface area contributed by atoms with E-state index in [1.165, 1.54) is 12.0 Å². The molecule has 0 spiro atoms. The first-order valence-electron chi connectivity index (χ1n) is 6.65. The summed E-state index contributed by atoms with van der Waals surface area (Å²) < 4.78 is 10.6. The lowest BCUT2D eigenvalue weighted by Gasteiger charge is -2.16. The minimum Gasteiger partial charge on any atom is -0.497 e. The zero-order valence-electron chi connectivity index (χ0n) is 12.0. The molecule has 102 valence electrons. The lowest BCUT2D eigenvalue weighted by Crippen LogP contribution is -2.17. The molecule has 0 heterocycles. The molecular weight excluding hydrogens is 226 g/mol. The Bertz CT molecular complexity index is 352. The van der Waals surface area contributed by atoms with Crippen molar-refractivity contribution < 1.29 is 9.47 Å². The first kappa shape index (κ1) is 14.8. The lowest BCUT2D eigenvalue weighted by atomic mass is 9.96. The summed E-state index contributed by atoms with van der Waals surface area (Å²) in [4.78, 5) is 0. The highest BCUT2D eigenvalue weighted by atomic mass is 16.5. The molecule has 0 amide bonds. The summed E-state index contributed by atoms with van der Waals surface area (Å²) in [5.41, 5.74) is 1.25. The molecule has 1 aromatic rings. The van der Waals surface area contributed by atoms with Gasteiger partial charge < -0.3 is 14.8 Å². The van der Waals surface area contributed by atoms with E-state index in [4.69, 9.17) is 9.47 Å². The quantitative estimate of drug-likeness (QED) is 0.720. The van der Waals surface area contributed by atoms with Gasteiger partial charge in [0.2, 0.25) is 0 Å². The summed E-state index contributed by atoms with van der Waals surface area (Å²) in [6.07, 6.45) is 2.29. The second-order valence-electron chi connectivity index (χ2n) is 4.55. The molecule has 1 N–H and O–H groups in total. The van der Waals surface area contributed by atoms with Crippen molar-refractivity contribution >= 4 is 0 Å². The van der Waals surface area contributed by atoms with Crippen molar-refractivity contribution in [1.82, 2.24) is 5.32 Å². The number of benzene rings is 1. The first-order chi connectivity index (χ1) is 8.72. The van der Waals surface area contributed by atoms with Gasteiger partial charge in [-0.2, -0.15) is 0 Å². The van der Waals surface area contributed by atoms with Gasteiger partial charge in [0.1, 0.15) is 11.5 Å². The van der Waals surface area contributed by atoms with Gasteiger partial charge in [-0.1, -0.05) is 19.9 Å². The molecular formula is C15H25NO2. The smallest absolute Gasteiger partial charge is 0.126 e. The molecule has 1 unspecified atom stereocenters. The number of methoxy groups -OCH3 is 2. The van der Waals surface area contributed by atoms with E-state index in [9.17, 15) is 0 Å². The minimum atomic E-state index is 0.482. The molecule has 1 atom stereocenters. The number of rotatable bonds is 8. The largest absolute Gasteiger partial charge is 0.497 e. The van der Waals surface area contributed by atoms with Crippen LogP contribution < -0.4 is 14.8 Å². The molecule has 0 radical (unpaired) electrons. The Morgan fingerprint density at radius 3 is 2.56 bits per heavy atom. The van der Waals surface area contributed by atoms with Crippen molar-refractivity contribution in [3.63, 3.8) is 0 Å². The van der Waals surface area contributed by atoms with E-state index in [0.717, 1.165) is 31.0 Å². The SMILES string of the molecule is CCCNCCC(C)c1ccc(OC)cc1OC. The third-order valence-electron chi connectivity index (χ3n) is 3.15. The van der Waals surface area contributed by atoms with Crippen LogP contribution in [0.1, 0.15) is 38.2 Å². The fourth-order valence-corrected chi connectivity index (χ4v) is 2.00. The predicted octanol–water partition coefficient (Wildman–Crippen LogP) is 3.20. The van der Waals surface area contributed by atoms with Crippen LogP contribution in [0.15, 0.2) is 18.2 Å². The number of nitrogens with one attached hydrogen (secondary N) is 1. The molecule has 3 nitrogen and oxygen atoms in total. The van der Waals surface area contributed by atoms with E-state index in [0.29, 0.717) is 5.92 Å². The Morgan fingerprint density at radius 1 is 1.17 bits per heavy atom. The molecule has 0 saturated heterocycles. The van der Waals surface area contributed by atoms with E-state index in [2.05, 4.69) is 25.2 Å². The van der Waals surface area contributed by atoms with Gasteiger partial charge in [0.05, 0.1) is 14.2 Å².